The monoisotopic (exact) mass is 459 g/mol. The molecule has 0 spiro atoms. The second-order valence-corrected chi connectivity index (χ2v) is 9.65. The molecule has 0 radical (unpaired) electrons. The average molecular weight is 460 g/mol. The molecule has 1 aromatic carbocycles. The van der Waals surface area contributed by atoms with Gasteiger partial charge in [0.25, 0.3) is 11.7 Å². The highest BCUT2D eigenvalue weighted by atomic mass is 35.5. The summed E-state index contributed by atoms with van der Waals surface area (Å²) in [5.74, 6) is -1.14. The lowest BCUT2D eigenvalue weighted by Crippen LogP contribution is -2.40. The highest BCUT2D eigenvalue weighted by Crippen LogP contribution is 2.47. The van der Waals surface area contributed by atoms with Gasteiger partial charge in [-0.2, -0.15) is 0 Å². The SMILES string of the molecule is COc1c(Cl)cc(C)cc1/C(O)=C1\C(=O)C(=O)N(C2CCCCC2)C1c1sccc1C. The molecule has 2 aromatic rings. The highest BCUT2D eigenvalue weighted by Gasteiger charge is 2.50. The van der Waals surface area contributed by atoms with Crippen molar-refractivity contribution in [1.82, 2.24) is 4.90 Å². The number of aliphatic hydroxyl groups excluding tert-OH is 1. The van der Waals surface area contributed by atoms with Gasteiger partial charge in [0, 0.05) is 10.9 Å². The lowest BCUT2D eigenvalue weighted by Gasteiger charge is -2.35. The van der Waals surface area contributed by atoms with Crippen molar-refractivity contribution in [3.8, 4) is 5.75 Å². The van der Waals surface area contributed by atoms with Crippen molar-refractivity contribution in [2.75, 3.05) is 7.11 Å². The van der Waals surface area contributed by atoms with E-state index in [9.17, 15) is 14.7 Å². The van der Waals surface area contributed by atoms with Crippen molar-refractivity contribution in [3.63, 3.8) is 0 Å². The molecule has 2 fully saturated rings. The Morgan fingerprint density at radius 3 is 2.52 bits per heavy atom. The lowest BCUT2D eigenvalue weighted by atomic mass is 9.92. The van der Waals surface area contributed by atoms with Gasteiger partial charge < -0.3 is 14.7 Å². The van der Waals surface area contributed by atoms with E-state index in [0.29, 0.717) is 10.6 Å². The first-order valence-corrected chi connectivity index (χ1v) is 11.8. The molecule has 1 aliphatic carbocycles. The number of methoxy groups -OCH3 is 1. The number of benzene rings is 1. The van der Waals surface area contributed by atoms with E-state index in [2.05, 4.69) is 0 Å². The van der Waals surface area contributed by atoms with Gasteiger partial charge in [-0.25, -0.2) is 0 Å². The molecule has 1 aliphatic heterocycles. The van der Waals surface area contributed by atoms with E-state index >= 15 is 0 Å². The van der Waals surface area contributed by atoms with Crippen molar-refractivity contribution in [2.45, 2.75) is 58.0 Å². The Labute approximate surface area is 191 Å². The van der Waals surface area contributed by atoms with Crippen molar-refractivity contribution < 1.29 is 19.4 Å². The second-order valence-electron chi connectivity index (χ2n) is 8.29. The maximum absolute atomic E-state index is 13.3. The van der Waals surface area contributed by atoms with Gasteiger partial charge in [-0.1, -0.05) is 30.9 Å². The maximum atomic E-state index is 13.3. The quantitative estimate of drug-likeness (QED) is 0.357. The third kappa shape index (κ3) is 3.76. The van der Waals surface area contributed by atoms with E-state index in [1.165, 1.54) is 18.4 Å². The molecule has 2 heterocycles. The summed E-state index contributed by atoms with van der Waals surface area (Å²) < 4.78 is 5.43. The zero-order valence-electron chi connectivity index (χ0n) is 17.9. The van der Waals surface area contributed by atoms with Crippen LogP contribution in [0.4, 0.5) is 0 Å². The Hall–Kier alpha value is -2.31. The Kier molecular flexibility index (Phi) is 6.13. The van der Waals surface area contributed by atoms with E-state index in [1.54, 1.807) is 17.0 Å². The van der Waals surface area contributed by atoms with E-state index < -0.39 is 17.7 Å². The second kappa shape index (κ2) is 8.67. The molecule has 1 unspecified atom stereocenters. The summed E-state index contributed by atoms with van der Waals surface area (Å²) in [7, 11) is 1.47. The van der Waals surface area contributed by atoms with E-state index in [1.807, 2.05) is 25.3 Å². The van der Waals surface area contributed by atoms with Crippen LogP contribution in [0.25, 0.3) is 5.76 Å². The van der Waals surface area contributed by atoms with Gasteiger partial charge in [0.1, 0.15) is 17.6 Å². The number of thiophene rings is 1. The largest absolute Gasteiger partial charge is 0.507 e. The number of hydrogen-bond donors (Lipinski definition) is 1. The fourth-order valence-electron chi connectivity index (χ4n) is 4.77. The number of likely N-dealkylation sites (tertiary alicyclic amines) is 1. The van der Waals surface area contributed by atoms with E-state index in [0.717, 1.165) is 48.1 Å². The molecule has 1 aromatic heterocycles. The van der Waals surface area contributed by atoms with Crippen LogP contribution in [-0.2, 0) is 9.59 Å². The molecule has 1 amide bonds. The van der Waals surface area contributed by atoms with Gasteiger partial charge in [0.05, 0.1) is 23.3 Å². The smallest absolute Gasteiger partial charge is 0.295 e. The summed E-state index contributed by atoms with van der Waals surface area (Å²) in [6.45, 7) is 3.82. The molecule has 5 nitrogen and oxygen atoms in total. The van der Waals surface area contributed by atoms with E-state index in [-0.39, 0.29) is 23.1 Å². The number of halogens is 1. The van der Waals surface area contributed by atoms with Gasteiger partial charge in [-0.3, -0.25) is 9.59 Å². The topological polar surface area (TPSA) is 66.8 Å². The summed E-state index contributed by atoms with van der Waals surface area (Å²) in [4.78, 5) is 29.1. The van der Waals surface area contributed by atoms with Crippen molar-refractivity contribution in [3.05, 3.63) is 55.7 Å². The van der Waals surface area contributed by atoms with Crippen LogP contribution in [0.2, 0.25) is 5.02 Å². The number of amides is 1. The number of carbonyl (C=O) groups excluding carboxylic acids is 2. The zero-order valence-corrected chi connectivity index (χ0v) is 19.5. The first kappa shape index (κ1) is 21.9. The predicted octanol–water partition coefficient (Wildman–Crippen LogP) is 5.78. The van der Waals surface area contributed by atoms with Gasteiger partial charge >= 0.3 is 0 Å². The summed E-state index contributed by atoms with van der Waals surface area (Å²) >= 11 is 7.85. The Bertz CT molecular complexity index is 1070. The maximum Gasteiger partial charge on any atom is 0.295 e. The van der Waals surface area contributed by atoms with Crippen LogP contribution in [0.1, 0.15) is 59.7 Å². The molecule has 0 bridgehead atoms. The Morgan fingerprint density at radius 2 is 1.90 bits per heavy atom. The molecule has 1 N–H and O–H groups in total. The normalized spacial score (nSPS) is 21.7. The highest BCUT2D eigenvalue weighted by molar-refractivity contribution is 7.10. The lowest BCUT2D eigenvalue weighted by molar-refractivity contribution is -0.141. The van der Waals surface area contributed by atoms with Gasteiger partial charge in [0.2, 0.25) is 0 Å². The molecule has 7 heteroatoms. The summed E-state index contributed by atoms with van der Waals surface area (Å²) in [6, 6.07) is 4.83. The molecule has 1 atom stereocenters. The van der Waals surface area contributed by atoms with Crippen LogP contribution in [0.5, 0.6) is 5.75 Å². The minimum Gasteiger partial charge on any atom is -0.507 e. The van der Waals surface area contributed by atoms with E-state index in [4.69, 9.17) is 16.3 Å². The number of aliphatic hydroxyl groups is 1. The first-order valence-electron chi connectivity index (χ1n) is 10.5. The number of hydrogen-bond acceptors (Lipinski definition) is 5. The predicted molar refractivity (Wildman–Crippen MR) is 123 cm³/mol. The number of carbonyl (C=O) groups is 2. The van der Waals surface area contributed by atoms with Crippen LogP contribution in [-0.4, -0.2) is 34.8 Å². The number of rotatable bonds is 4. The molecule has 31 heavy (non-hydrogen) atoms. The first-order chi connectivity index (χ1) is 14.8. The number of aryl methyl sites for hydroxylation is 2. The summed E-state index contributed by atoms with van der Waals surface area (Å²) in [5, 5.41) is 13.7. The van der Waals surface area contributed by atoms with Crippen molar-refractivity contribution in [2.24, 2.45) is 0 Å². The van der Waals surface area contributed by atoms with Crippen molar-refractivity contribution >= 4 is 40.4 Å². The van der Waals surface area contributed by atoms with Crippen molar-refractivity contribution in [1.29, 1.82) is 0 Å². The molecule has 1 saturated carbocycles. The third-order valence-corrected chi connectivity index (χ3v) is 7.60. The zero-order chi connectivity index (χ0) is 22.3. The average Bonchev–Trinajstić information content (AvgIpc) is 3.28. The van der Waals surface area contributed by atoms with Gasteiger partial charge in [-0.15, -0.1) is 11.3 Å². The van der Waals surface area contributed by atoms with Crippen LogP contribution >= 0.6 is 22.9 Å². The summed E-state index contributed by atoms with van der Waals surface area (Å²) in [5.41, 5.74) is 2.25. The Morgan fingerprint density at radius 1 is 1.19 bits per heavy atom. The Balaban J connectivity index is 1.94. The van der Waals surface area contributed by atoms with Crippen LogP contribution in [0.15, 0.2) is 29.2 Å². The third-order valence-electron chi connectivity index (χ3n) is 6.25. The number of ketones is 1. The molecule has 2 aliphatic rings. The summed E-state index contributed by atoms with van der Waals surface area (Å²) in [6.07, 6.45) is 4.94. The number of nitrogens with zero attached hydrogens (tertiary/aromatic N) is 1. The molecule has 1 saturated heterocycles. The number of ether oxygens (including phenoxy) is 1. The minimum atomic E-state index is -0.652. The standard InChI is InChI=1S/C24H26ClNO4S/c1-13-11-16(22(30-3)17(25)12-13)20(27)18-19(23-14(2)9-10-31-23)26(24(29)21(18)28)15-7-5-4-6-8-15/h9-12,15,19,27H,4-8H2,1-3H3/b20-18+. The van der Waals surface area contributed by atoms with Crippen LogP contribution in [0, 0.1) is 13.8 Å². The van der Waals surface area contributed by atoms with Gasteiger partial charge in [-0.05, 0) is 61.4 Å². The van der Waals surface area contributed by atoms with Gasteiger partial charge in [0.15, 0.2) is 0 Å². The molecule has 4 rings (SSSR count). The molecule has 164 valence electrons. The molecular weight excluding hydrogens is 434 g/mol. The fraction of sp³-hybridized carbons (Fsp3) is 0.417. The van der Waals surface area contributed by atoms with Crippen LogP contribution < -0.4 is 4.74 Å². The number of Topliss-reactive ketones (excluding diaryl/α,β-unsaturated/α-hetero) is 1. The molecular formula is C24H26ClNO4S. The van der Waals surface area contributed by atoms with Crippen LogP contribution in [0.3, 0.4) is 0 Å². The fourth-order valence-corrected chi connectivity index (χ4v) is 6.15. The minimum absolute atomic E-state index is 0.00927.